The number of benzene rings is 1. The monoisotopic (exact) mass is 208 g/mol. The molecule has 0 unspecified atom stereocenters. The van der Waals surface area contributed by atoms with Crippen LogP contribution < -0.4 is 0 Å². The van der Waals surface area contributed by atoms with Crippen LogP contribution in [0.3, 0.4) is 0 Å². The second kappa shape index (κ2) is 3.46. The minimum Gasteiger partial charge on any atom is -0.460 e. The fraction of sp³-hybridized carbons (Fsp3) is 0.182. The van der Waals surface area contributed by atoms with Crippen molar-refractivity contribution in [2.75, 3.05) is 0 Å². The van der Waals surface area contributed by atoms with Crippen LogP contribution >= 0.6 is 11.6 Å². The summed E-state index contributed by atoms with van der Waals surface area (Å²) in [5, 5.41) is 0.344. The number of para-hydroxylation sites is 1. The predicted molar refractivity (Wildman–Crippen MR) is 55.8 cm³/mol. The normalized spacial score (nSPS) is 10.7. The average Bonchev–Trinajstić information content (AvgIpc) is 2.55. The van der Waals surface area contributed by atoms with Gasteiger partial charge in [0.2, 0.25) is 0 Å². The molecule has 14 heavy (non-hydrogen) atoms. The molecular weight excluding hydrogens is 200 g/mol. The van der Waals surface area contributed by atoms with Crippen LogP contribution in [0.5, 0.6) is 0 Å². The Morgan fingerprint density at radius 1 is 1.43 bits per heavy atom. The molecule has 0 aliphatic heterocycles. The highest BCUT2D eigenvalue weighted by molar-refractivity contribution is 6.68. The van der Waals surface area contributed by atoms with Gasteiger partial charge < -0.3 is 4.42 Å². The third-order valence-corrected chi connectivity index (χ3v) is 2.38. The minimum atomic E-state index is -0.452. The maximum Gasteiger partial charge on any atom is 0.256 e. The van der Waals surface area contributed by atoms with Gasteiger partial charge >= 0.3 is 0 Å². The zero-order valence-corrected chi connectivity index (χ0v) is 8.47. The van der Waals surface area contributed by atoms with Gasteiger partial charge in [-0.05, 0) is 17.7 Å². The summed E-state index contributed by atoms with van der Waals surface area (Å²) >= 11 is 5.51. The molecule has 0 atom stereocenters. The average molecular weight is 209 g/mol. The molecule has 0 N–H and O–H groups in total. The summed E-state index contributed by atoms with van der Waals surface area (Å²) < 4.78 is 5.50. The highest BCUT2D eigenvalue weighted by Crippen LogP contribution is 2.27. The molecule has 2 rings (SSSR count). The minimum absolute atomic E-state index is 0.452. The first kappa shape index (κ1) is 9.28. The highest BCUT2D eigenvalue weighted by Gasteiger charge is 2.17. The van der Waals surface area contributed by atoms with Crippen molar-refractivity contribution in [2.24, 2.45) is 0 Å². The Morgan fingerprint density at radius 2 is 2.14 bits per heavy atom. The summed E-state index contributed by atoms with van der Waals surface area (Å²) in [5.74, 6) is 0.659. The van der Waals surface area contributed by atoms with E-state index < -0.39 is 5.24 Å². The van der Waals surface area contributed by atoms with Crippen LogP contribution in [0.15, 0.2) is 28.7 Å². The molecule has 0 saturated carbocycles. The third kappa shape index (κ3) is 1.32. The van der Waals surface area contributed by atoms with E-state index in [1.807, 2.05) is 31.2 Å². The molecule has 0 aliphatic rings. The predicted octanol–water partition coefficient (Wildman–Crippen LogP) is 3.37. The van der Waals surface area contributed by atoms with Gasteiger partial charge in [-0.1, -0.05) is 25.1 Å². The van der Waals surface area contributed by atoms with Gasteiger partial charge in [-0.15, -0.1) is 0 Å². The maximum atomic E-state index is 11.2. The molecule has 3 heteroatoms. The Hall–Kier alpha value is -1.28. The van der Waals surface area contributed by atoms with Crippen molar-refractivity contribution in [3.8, 4) is 0 Å². The smallest absolute Gasteiger partial charge is 0.256 e. The Balaban J connectivity index is 2.81. The summed E-state index contributed by atoms with van der Waals surface area (Å²) in [6.07, 6.45) is 0.669. The van der Waals surface area contributed by atoms with Crippen molar-refractivity contribution in [1.82, 2.24) is 0 Å². The summed E-state index contributed by atoms with van der Waals surface area (Å²) in [4.78, 5) is 11.2. The summed E-state index contributed by atoms with van der Waals surface area (Å²) in [5.41, 5.74) is 1.22. The van der Waals surface area contributed by atoms with E-state index in [4.69, 9.17) is 16.0 Å². The van der Waals surface area contributed by atoms with Gasteiger partial charge in [0.05, 0.1) is 5.56 Å². The lowest BCUT2D eigenvalue weighted by Crippen LogP contribution is -1.91. The number of hydrogen-bond donors (Lipinski definition) is 0. The van der Waals surface area contributed by atoms with E-state index in [1.165, 1.54) is 0 Å². The number of rotatable bonds is 2. The van der Waals surface area contributed by atoms with Gasteiger partial charge in [-0.3, -0.25) is 4.79 Å². The summed E-state index contributed by atoms with van der Waals surface area (Å²) in [7, 11) is 0. The molecule has 0 spiro atoms. The zero-order valence-electron chi connectivity index (χ0n) is 7.71. The molecule has 0 amide bonds. The van der Waals surface area contributed by atoms with Gasteiger partial charge in [0.1, 0.15) is 11.3 Å². The SMILES string of the molecule is CCc1oc2ccccc2c1C(=O)Cl. The van der Waals surface area contributed by atoms with E-state index in [9.17, 15) is 4.79 Å². The van der Waals surface area contributed by atoms with Crippen molar-refractivity contribution in [3.05, 3.63) is 35.6 Å². The molecule has 2 nitrogen and oxygen atoms in total. The Labute approximate surface area is 86.5 Å². The summed E-state index contributed by atoms with van der Waals surface area (Å²) in [6.45, 7) is 1.93. The van der Waals surface area contributed by atoms with Crippen LogP contribution in [0, 0.1) is 0 Å². The van der Waals surface area contributed by atoms with Crippen molar-refractivity contribution < 1.29 is 9.21 Å². The summed E-state index contributed by atoms with van der Waals surface area (Å²) in [6, 6.07) is 7.40. The molecule has 0 saturated heterocycles. The van der Waals surface area contributed by atoms with E-state index in [0.717, 1.165) is 5.39 Å². The molecule has 1 aromatic carbocycles. The second-order valence-corrected chi connectivity index (χ2v) is 3.37. The van der Waals surface area contributed by atoms with Crippen LogP contribution in [0.1, 0.15) is 23.0 Å². The maximum absolute atomic E-state index is 11.2. The van der Waals surface area contributed by atoms with Gasteiger partial charge in [0.25, 0.3) is 5.24 Å². The fourth-order valence-corrected chi connectivity index (χ4v) is 1.77. The molecule has 72 valence electrons. The molecule has 2 aromatic rings. The lowest BCUT2D eigenvalue weighted by atomic mass is 10.1. The number of fused-ring (bicyclic) bond motifs is 1. The standard InChI is InChI=1S/C11H9ClO2/c1-2-8-10(11(12)13)7-5-3-4-6-9(7)14-8/h3-6H,2H2,1H3. The van der Waals surface area contributed by atoms with E-state index in [0.29, 0.717) is 23.3 Å². The number of furan rings is 1. The molecule has 0 aliphatic carbocycles. The van der Waals surface area contributed by atoms with E-state index in [2.05, 4.69) is 0 Å². The first-order valence-electron chi connectivity index (χ1n) is 4.44. The van der Waals surface area contributed by atoms with Crippen LogP contribution in [-0.4, -0.2) is 5.24 Å². The lowest BCUT2D eigenvalue weighted by molar-refractivity contribution is 0.108. The van der Waals surface area contributed by atoms with Crippen molar-refractivity contribution in [1.29, 1.82) is 0 Å². The van der Waals surface area contributed by atoms with E-state index >= 15 is 0 Å². The molecular formula is C11H9ClO2. The molecule has 1 heterocycles. The first-order chi connectivity index (χ1) is 6.74. The van der Waals surface area contributed by atoms with E-state index in [-0.39, 0.29) is 0 Å². The van der Waals surface area contributed by atoms with E-state index in [1.54, 1.807) is 0 Å². The molecule has 0 radical (unpaired) electrons. The molecule has 0 bridgehead atoms. The Morgan fingerprint density at radius 3 is 2.79 bits per heavy atom. The molecule has 1 aromatic heterocycles. The number of carbonyl (C=O) groups excluding carboxylic acids is 1. The number of aryl methyl sites for hydroxylation is 1. The van der Waals surface area contributed by atoms with Crippen LogP contribution in [0.25, 0.3) is 11.0 Å². The van der Waals surface area contributed by atoms with Crippen LogP contribution in [-0.2, 0) is 6.42 Å². The number of carbonyl (C=O) groups is 1. The second-order valence-electron chi connectivity index (χ2n) is 3.02. The zero-order chi connectivity index (χ0) is 10.1. The van der Waals surface area contributed by atoms with Gasteiger partial charge in [-0.25, -0.2) is 0 Å². The Kier molecular flexibility index (Phi) is 2.30. The lowest BCUT2D eigenvalue weighted by Gasteiger charge is -1.91. The molecule has 0 fully saturated rings. The van der Waals surface area contributed by atoms with Gasteiger partial charge in [0.15, 0.2) is 0 Å². The topological polar surface area (TPSA) is 30.2 Å². The van der Waals surface area contributed by atoms with Crippen LogP contribution in [0.4, 0.5) is 0 Å². The van der Waals surface area contributed by atoms with Crippen molar-refractivity contribution >= 4 is 27.8 Å². The Bertz CT molecular complexity index is 485. The first-order valence-corrected chi connectivity index (χ1v) is 4.82. The number of hydrogen-bond acceptors (Lipinski definition) is 2. The van der Waals surface area contributed by atoms with Gasteiger partial charge in [-0.2, -0.15) is 0 Å². The van der Waals surface area contributed by atoms with Gasteiger partial charge in [0, 0.05) is 11.8 Å². The third-order valence-electron chi connectivity index (χ3n) is 2.19. The quantitative estimate of drug-likeness (QED) is 0.709. The van der Waals surface area contributed by atoms with Crippen molar-refractivity contribution in [3.63, 3.8) is 0 Å². The fourth-order valence-electron chi connectivity index (χ4n) is 1.56. The largest absolute Gasteiger partial charge is 0.460 e. The van der Waals surface area contributed by atoms with Crippen LogP contribution in [0.2, 0.25) is 0 Å². The van der Waals surface area contributed by atoms with Crippen molar-refractivity contribution in [2.45, 2.75) is 13.3 Å². The highest BCUT2D eigenvalue weighted by atomic mass is 35.5. The number of halogens is 1.